The Morgan fingerprint density at radius 3 is 2.73 bits per heavy atom. The second-order valence-electron chi connectivity index (χ2n) is 6.59. The Morgan fingerprint density at radius 1 is 1.23 bits per heavy atom. The van der Waals surface area contributed by atoms with Gasteiger partial charge in [0.15, 0.2) is 0 Å². The van der Waals surface area contributed by atoms with Gasteiger partial charge in [-0.1, -0.05) is 6.07 Å². The minimum absolute atomic E-state index is 0.0649. The van der Waals surface area contributed by atoms with Crippen molar-refractivity contribution in [1.29, 1.82) is 0 Å². The number of aryl methyl sites for hydroxylation is 1. The molecule has 2 heterocycles. The number of aromatic nitrogens is 1. The van der Waals surface area contributed by atoms with Crippen molar-refractivity contribution < 1.29 is 14.0 Å². The van der Waals surface area contributed by atoms with Crippen molar-refractivity contribution in [2.45, 2.75) is 26.3 Å². The quantitative estimate of drug-likeness (QED) is 0.917. The number of hydrogen-bond acceptors (Lipinski definition) is 3. The number of carbonyl (C=O) groups excluding carboxylic acids is 2. The molecule has 1 aromatic heterocycles. The van der Waals surface area contributed by atoms with Crippen LogP contribution in [0.15, 0.2) is 42.5 Å². The molecule has 0 bridgehead atoms. The summed E-state index contributed by atoms with van der Waals surface area (Å²) in [5.74, 6) is -0.840. The van der Waals surface area contributed by atoms with E-state index in [1.807, 2.05) is 25.1 Å². The number of nitrogens with one attached hydrogen (secondary N) is 1. The van der Waals surface area contributed by atoms with E-state index >= 15 is 0 Å². The van der Waals surface area contributed by atoms with Gasteiger partial charge in [0.05, 0.1) is 18.2 Å². The number of benzene rings is 1. The molecule has 1 fully saturated rings. The topological polar surface area (TPSA) is 62.3 Å². The largest absolute Gasteiger partial charge is 0.350 e. The van der Waals surface area contributed by atoms with Crippen LogP contribution in [0.2, 0.25) is 0 Å². The number of halogens is 1. The maximum Gasteiger partial charge on any atom is 0.253 e. The minimum Gasteiger partial charge on any atom is -0.350 e. The lowest BCUT2D eigenvalue weighted by atomic mass is 9.96. The number of rotatable bonds is 4. The maximum atomic E-state index is 13.0. The molecule has 0 saturated carbocycles. The van der Waals surface area contributed by atoms with E-state index in [0.29, 0.717) is 25.2 Å². The van der Waals surface area contributed by atoms with Crippen LogP contribution in [0, 0.1) is 18.7 Å². The Morgan fingerprint density at radius 2 is 2.00 bits per heavy atom. The average molecular weight is 355 g/mol. The van der Waals surface area contributed by atoms with Crippen LogP contribution in [-0.4, -0.2) is 34.8 Å². The zero-order chi connectivity index (χ0) is 18.5. The van der Waals surface area contributed by atoms with Gasteiger partial charge in [-0.3, -0.25) is 14.6 Å². The molecule has 2 aromatic rings. The SMILES string of the molecule is Cc1cccc(CNC(=O)C2CCCN(C(=O)c3ccc(F)cc3)C2)n1. The molecule has 26 heavy (non-hydrogen) atoms. The summed E-state index contributed by atoms with van der Waals surface area (Å²) in [7, 11) is 0. The first-order chi connectivity index (χ1) is 12.5. The minimum atomic E-state index is -0.373. The Hall–Kier alpha value is -2.76. The molecule has 3 rings (SSSR count). The normalized spacial score (nSPS) is 17.0. The van der Waals surface area contributed by atoms with Crippen molar-refractivity contribution in [2.24, 2.45) is 5.92 Å². The number of pyridine rings is 1. The second-order valence-corrected chi connectivity index (χ2v) is 6.59. The number of nitrogens with zero attached hydrogens (tertiary/aromatic N) is 2. The van der Waals surface area contributed by atoms with Crippen LogP contribution in [0.25, 0.3) is 0 Å². The number of piperidine rings is 1. The molecule has 2 amide bonds. The van der Waals surface area contributed by atoms with Gasteiger partial charge in [0.1, 0.15) is 5.82 Å². The number of amides is 2. The highest BCUT2D eigenvalue weighted by atomic mass is 19.1. The fourth-order valence-electron chi connectivity index (χ4n) is 3.17. The third-order valence-electron chi connectivity index (χ3n) is 4.56. The number of likely N-dealkylation sites (tertiary alicyclic amines) is 1. The first-order valence-electron chi connectivity index (χ1n) is 8.78. The first-order valence-corrected chi connectivity index (χ1v) is 8.78. The molecular weight excluding hydrogens is 333 g/mol. The lowest BCUT2D eigenvalue weighted by Gasteiger charge is -2.32. The smallest absolute Gasteiger partial charge is 0.253 e. The highest BCUT2D eigenvalue weighted by molar-refractivity contribution is 5.94. The Balaban J connectivity index is 1.58. The van der Waals surface area contributed by atoms with Crippen molar-refractivity contribution >= 4 is 11.8 Å². The van der Waals surface area contributed by atoms with E-state index in [9.17, 15) is 14.0 Å². The molecule has 1 aliphatic heterocycles. The Bertz CT molecular complexity index is 792. The van der Waals surface area contributed by atoms with E-state index in [-0.39, 0.29) is 23.5 Å². The summed E-state index contributed by atoms with van der Waals surface area (Å²) < 4.78 is 13.0. The van der Waals surface area contributed by atoms with Crippen LogP contribution in [0.5, 0.6) is 0 Å². The summed E-state index contributed by atoms with van der Waals surface area (Å²) in [6.07, 6.45) is 1.52. The fraction of sp³-hybridized carbons (Fsp3) is 0.350. The zero-order valence-electron chi connectivity index (χ0n) is 14.7. The third-order valence-corrected chi connectivity index (χ3v) is 4.56. The summed E-state index contributed by atoms with van der Waals surface area (Å²) in [5, 5.41) is 2.91. The van der Waals surface area contributed by atoms with E-state index in [4.69, 9.17) is 0 Å². The van der Waals surface area contributed by atoms with Crippen LogP contribution in [-0.2, 0) is 11.3 Å². The molecule has 6 heteroatoms. The lowest BCUT2D eigenvalue weighted by molar-refractivity contribution is -0.126. The van der Waals surface area contributed by atoms with Gasteiger partial charge in [-0.05, 0) is 56.2 Å². The molecule has 0 radical (unpaired) electrons. The molecule has 1 atom stereocenters. The lowest BCUT2D eigenvalue weighted by Crippen LogP contribution is -2.45. The Labute approximate surface area is 152 Å². The average Bonchev–Trinajstić information content (AvgIpc) is 2.66. The van der Waals surface area contributed by atoms with E-state index in [1.54, 1.807) is 4.90 Å². The monoisotopic (exact) mass is 355 g/mol. The summed E-state index contributed by atoms with van der Waals surface area (Å²) in [4.78, 5) is 31.1. The van der Waals surface area contributed by atoms with Crippen LogP contribution >= 0.6 is 0 Å². The molecule has 1 aliphatic rings. The van der Waals surface area contributed by atoms with Gasteiger partial charge in [-0.25, -0.2) is 4.39 Å². The highest BCUT2D eigenvalue weighted by Crippen LogP contribution is 2.19. The van der Waals surface area contributed by atoms with Gasteiger partial charge < -0.3 is 10.2 Å². The predicted molar refractivity (Wildman–Crippen MR) is 95.8 cm³/mol. The van der Waals surface area contributed by atoms with Crippen LogP contribution < -0.4 is 5.32 Å². The van der Waals surface area contributed by atoms with Crippen LogP contribution in [0.3, 0.4) is 0 Å². The van der Waals surface area contributed by atoms with Gasteiger partial charge in [0.2, 0.25) is 5.91 Å². The van der Waals surface area contributed by atoms with Crippen molar-refractivity contribution in [3.8, 4) is 0 Å². The van der Waals surface area contributed by atoms with E-state index in [2.05, 4.69) is 10.3 Å². The van der Waals surface area contributed by atoms with Crippen LogP contribution in [0.1, 0.15) is 34.6 Å². The van der Waals surface area contributed by atoms with Crippen LogP contribution in [0.4, 0.5) is 4.39 Å². The number of carbonyl (C=O) groups is 2. The van der Waals surface area contributed by atoms with Crippen molar-refractivity contribution in [2.75, 3.05) is 13.1 Å². The summed E-state index contributed by atoms with van der Waals surface area (Å²) in [5.41, 5.74) is 2.16. The Kier molecular flexibility index (Phi) is 5.61. The van der Waals surface area contributed by atoms with Gasteiger partial charge in [-0.2, -0.15) is 0 Å². The highest BCUT2D eigenvalue weighted by Gasteiger charge is 2.28. The number of hydrogen-bond donors (Lipinski definition) is 1. The molecule has 1 unspecified atom stereocenters. The van der Waals surface area contributed by atoms with Gasteiger partial charge in [0.25, 0.3) is 5.91 Å². The van der Waals surface area contributed by atoms with Gasteiger partial charge in [0, 0.05) is 24.3 Å². The molecule has 136 valence electrons. The first kappa shape index (κ1) is 18.0. The molecule has 1 N–H and O–H groups in total. The van der Waals surface area contributed by atoms with E-state index in [1.165, 1.54) is 24.3 Å². The van der Waals surface area contributed by atoms with E-state index in [0.717, 1.165) is 24.2 Å². The van der Waals surface area contributed by atoms with Crippen molar-refractivity contribution in [1.82, 2.24) is 15.2 Å². The fourth-order valence-corrected chi connectivity index (χ4v) is 3.17. The second kappa shape index (κ2) is 8.08. The van der Waals surface area contributed by atoms with Crippen molar-refractivity contribution in [3.63, 3.8) is 0 Å². The third kappa shape index (κ3) is 4.45. The maximum absolute atomic E-state index is 13.0. The molecule has 0 aliphatic carbocycles. The molecule has 5 nitrogen and oxygen atoms in total. The van der Waals surface area contributed by atoms with Gasteiger partial charge in [-0.15, -0.1) is 0 Å². The summed E-state index contributed by atoms with van der Waals surface area (Å²) in [6, 6.07) is 11.2. The summed E-state index contributed by atoms with van der Waals surface area (Å²) in [6.45, 7) is 3.27. The summed E-state index contributed by atoms with van der Waals surface area (Å²) >= 11 is 0. The standard InChI is InChI=1S/C20H22FN3O2/c1-14-4-2-6-18(23-14)12-22-19(25)16-5-3-11-24(13-16)20(26)15-7-9-17(21)10-8-15/h2,4,6-10,16H,3,5,11-13H2,1H3,(H,22,25). The molecule has 1 aromatic carbocycles. The molecule has 0 spiro atoms. The zero-order valence-corrected chi connectivity index (χ0v) is 14.7. The van der Waals surface area contributed by atoms with Crippen molar-refractivity contribution in [3.05, 3.63) is 65.2 Å². The molecular formula is C20H22FN3O2. The predicted octanol–water partition coefficient (Wildman–Crippen LogP) is 2.70. The van der Waals surface area contributed by atoms with E-state index < -0.39 is 0 Å². The van der Waals surface area contributed by atoms with Gasteiger partial charge >= 0.3 is 0 Å². The molecule has 1 saturated heterocycles.